The van der Waals surface area contributed by atoms with Gasteiger partial charge in [0.1, 0.15) is 17.7 Å². The number of amides is 2. The van der Waals surface area contributed by atoms with Crippen LogP contribution in [0.5, 0.6) is 0 Å². The highest BCUT2D eigenvalue weighted by atomic mass is 16.2. The van der Waals surface area contributed by atoms with Gasteiger partial charge in [-0.25, -0.2) is 9.97 Å². The maximum atomic E-state index is 13.0. The second kappa shape index (κ2) is 9.77. The van der Waals surface area contributed by atoms with Crippen LogP contribution in [0.15, 0.2) is 24.5 Å². The summed E-state index contributed by atoms with van der Waals surface area (Å²) in [6.07, 6.45) is 8.87. The number of nitrogens with zero attached hydrogens (tertiary/aromatic N) is 7. The number of rotatable bonds is 6. The third-order valence-corrected chi connectivity index (χ3v) is 7.29. The van der Waals surface area contributed by atoms with E-state index in [1.807, 2.05) is 45.7 Å². The van der Waals surface area contributed by atoms with Crippen LogP contribution in [0.2, 0.25) is 0 Å². The van der Waals surface area contributed by atoms with Crippen LogP contribution >= 0.6 is 0 Å². The first-order chi connectivity index (χ1) is 16.9. The highest BCUT2D eigenvalue weighted by Gasteiger charge is 2.41. The smallest absolute Gasteiger partial charge is 0.245 e. The van der Waals surface area contributed by atoms with Crippen LogP contribution in [0.4, 0.5) is 17.6 Å². The Morgan fingerprint density at radius 3 is 2.63 bits per heavy atom. The summed E-state index contributed by atoms with van der Waals surface area (Å²) in [7, 11) is 5.47. The molecule has 2 aromatic heterocycles. The number of piperazine rings is 1. The molecule has 0 spiro atoms. The van der Waals surface area contributed by atoms with Gasteiger partial charge in [0.25, 0.3) is 0 Å². The third-order valence-electron chi connectivity index (χ3n) is 7.29. The van der Waals surface area contributed by atoms with Gasteiger partial charge in [0, 0.05) is 71.2 Å². The van der Waals surface area contributed by atoms with Crippen molar-refractivity contribution in [1.82, 2.24) is 29.7 Å². The van der Waals surface area contributed by atoms with Gasteiger partial charge >= 0.3 is 0 Å². The summed E-state index contributed by atoms with van der Waals surface area (Å²) in [5.74, 6) is 2.27. The van der Waals surface area contributed by atoms with Crippen LogP contribution < -0.4 is 10.2 Å². The van der Waals surface area contributed by atoms with Crippen molar-refractivity contribution in [2.45, 2.75) is 50.7 Å². The molecule has 1 saturated heterocycles. The Labute approximate surface area is 206 Å². The van der Waals surface area contributed by atoms with E-state index in [4.69, 9.17) is 4.98 Å². The predicted octanol–water partition coefficient (Wildman–Crippen LogP) is 1.65. The van der Waals surface area contributed by atoms with Crippen molar-refractivity contribution in [1.29, 1.82) is 0 Å². The van der Waals surface area contributed by atoms with Crippen molar-refractivity contribution in [2.75, 3.05) is 51.0 Å². The Balaban J connectivity index is 1.29. The van der Waals surface area contributed by atoms with Crippen LogP contribution in [-0.4, -0.2) is 94.3 Å². The Morgan fingerprint density at radius 2 is 1.94 bits per heavy atom. The fourth-order valence-electron chi connectivity index (χ4n) is 5.30. The van der Waals surface area contributed by atoms with E-state index in [0.29, 0.717) is 37.3 Å². The summed E-state index contributed by atoms with van der Waals surface area (Å²) < 4.78 is 0. The monoisotopic (exact) mass is 478 g/mol. The number of carbonyl (C=O) groups excluding carboxylic acids is 2. The van der Waals surface area contributed by atoms with Gasteiger partial charge in [0.15, 0.2) is 0 Å². The lowest BCUT2D eigenvalue weighted by Gasteiger charge is -2.33. The number of likely N-dealkylation sites (N-methyl/N-ethyl adjacent to an activating group) is 2. The second-order valence-electron chi connectivity index (χ2n) is 10.0. The summed E-state index contributed by atoms with van der Waals surface area (Å²) in [5.41, 5.74) is 2.08. The van der Waals surface area contributed by atoms with Gasteiger partial charge in [-0.15, -0.1) is 0 Å². The summed E-state index contributed by atoms with van der Waals surface area (Å²) in [6.45, 7) is 2.74. The molecule has 0 aromatic carbocycles. The molecule has 1 unspecified atom stereocenters. The van der Waals surface area contributed by atoms with Crippen LogP contribution in [-0.2, 0) is 22.6 Å². The summed E-state index contributed by atoms with van der Waals surface area (Å²) in [5, 5.41) is 3.23. The Hall–Kier alpha value is -3.27. The fraction of sp³-hybridized carbons (Fsp3) is 0.560. The number of hydrogen-bond donors (Lipinski definition) is 1. The summed E-state index contributed by atoms with van der Waals surface area (Å²) in [4.78, 5) is 46.6. The molecule has 4 heterocycles. The molecule has 0 bridgehead atoms. The minimum Gasteiger partial charge on any atom is -0.347 e. The molecule has 2 fully saturated rings. The minimum absolute atomic E-state index is 0.115. The first-order valence-corrected chi connectivity index (χ1v) is 12.4. The molecule has 5 rings (SSSR count). The van der Waals surface area contributed by atoms with Crippen molar-refractivity contribution in [3.63, 3.8) is 0 Å². The van der Waals surface area contributed by atoms with Gasteiger partial charge in [-0.1, -0.05) is 18.9 Å². The maximum absolute atomic E-state index is 13.0. The van der Waals surface area contributed by atoms with Gasteiger partial charge in [-0.3, -0.25) is 14.5 Å². The number of fused-ring (bicyclic) bond motifs is 1. The first-order valence-electron chi connectivity index (χ1n) is 12.4. The SMILES string of the molecule is CN(C)C(=O)C1Cc2cnc(Nc3ccc(CN4CCN(C)C(=O)C4)cn3)nc2N1C1CCCC1. The van der Waals surface area contributed by atoms with Crippen LogP contribution in [0.25, 0.3) is 0 Å². The van der Waals surface area contributed by atoms with Gasteiger partial charge in [0.05, 0.1) is 6.54 Å². The Kier molecular flexibility index (Phi) is 6.55. The average molecular weight is 479 g/mol. The molecule has 35 heavy (non-hydrogen) atoms. The van der Waals surface area contributed by atoms with E-state index in [0.717, 1.165) is 42.9 Å². The van der Waals surface area contributed by atoms with E-state index in [1.54, 1.807) is 9.80 Å². The molecule has 1 saturated carbocycles. The topological polar surface area (TPSA) is 97.8 Å². The number of aromatic nitrogens is 3. The molecular formula is C25H34N8O2. The summed E-state index contributed by atoms with van der Waals surface area (Å²) >= 11 is 0. The zero-order valence-electron chi connectivity index (χ0n) is 20.8. The number of pyridine rings is 1. The van der Waals surface area contributed by atoms with E-state index in [9.17, 15) is 9.59 Å². The quantitative estimate of drug-likeness (QED) is 0.669. The average Bonchev–Trinajstić information content (AvgIpc) is 3.49. The first kappa shape index (κ1) is 23.5. The number of anilines is 3. The molecule has 10 nitrogen and oxygen atoms in total. The largest absolute Gasteiger partial charge is 0.347 e. The normalized spacial score (nSPS) is 20.9. The molecule has 0 radical (unpaired) electrons. The van der Waals surface area contributed by atoms with Gasteiger partial charge < -0.3 is 20.0 Å². The van der Waals surface area contributed by atoms with E-state index in [-0.39, 0.29) is 17.9 Å². The fourth-order valence-corrected chi connectivity index (χ4v) is 5.30. The van der Waals surface area contributed by atoms with E-state index in [2.05, 4.69) is 25.1 Å². The predicted molar refractivity (Wildman–Crippen MR) is 133 cm³/mol. The zero-order valence-corrected chi connectivity index (χ0v) is 20.8. The third kappa shape index (κ3) is 4.93. The molecule has 2 aliphatic heterocycles. The molecule has 10 heteroatoms. The standard InChI is InChI=1S/C25H34N8O2/c1-30(2)24(35)20-12-18-14-27-25(29-23(18)33(20)19-6-4-5-7-19)28-21-9-8-17(13-26-21)15-32-11-10-31(3)22(34)16-32/h8-9,13-14,19-20H,4-7,10-12,15-16H2,1-3H3,(H,26,27,28,29). The van der Waals surface area contributed by atoms with Crippen LogP contribution in [0.1, 0.15) is 36.8 Å². The molecule has 2 amide bonds. The highest BCUT2D eigenvalue weighted by Crippen LogP contribution is 2.38. The highest BCUT2D eigenvalue weighted by molar-refractivity contribution is 5.87. The number of hydrogen-bond acceptors (Lipinski definition) is 8. The Bertz CT molecular complexity index is 1080. The Morgan fingerprint density at radius 1 is 1.14 bits per heavy atom. The molecule has 2 aromatic rings. The van der Waals surface area contributed by atoms with Crippen molar-refractivity contribution < 1.29 is 9.59 Å². The van der Waals surface area contributed by atoms with E-state index >= 15 is 0 Å². The van der Waals surface area contributed by atoms with E-state index in [1.165, 1.54) is 12.8 Å². The van der Waals surface area contributed by atoms with Crippen molar-refractivity contribution >= 4 is 29.4 Å². The van der Waals surface area contributed by atoms with Crippen molar-refractivity contribution in [2.24, 2.45) is 0 Å². The lowest BCUT2D eigenvalue weighted by molar-refractivity contribution is -0.134. The maximum Gasteiger partial charge on any atom is 0.245 e. The molecule has 1 atom stereocenters. The molecule has 3 aliphatic rings. The number of carbonyl (C=O) groups is 2. The zero-order chi connectivity index (χ0) is 24.5. The van der Waals surface area contributed by atoms with Gasteiger partial charge in [0.2, 0.25) is 17.8 Å². The lowest BCUT2D eigenvalue weighted by Crippen LogP contribution is -2.49. The van der Waals surface area contributed by atoms with Crippen molar-refractivity contribution in [3.05, 3.63) is 35.7 Å². The van der Waals surface area contributed by atoms with E-state index < -0.39 is 0 Å². The van der Waals surface area contributed by atoms with Gasteiger partial charge in [-0.05, 0) is 24.5 Å². The van der Waals surface area contributed by atoms with Crippen LogP contribution in [0.3, 0.4) is 0 Å². The second-order valence-corrected chi connectivity index (χ2v) is 10.0. The minimum atomic E-state index is -0.216. The van der Waals surface area contributed by atoms with Gasteiger partial charge in [-0.2, -0.15) is 4.98 Å². The molecule has 1 N–H and O–H groups in total. The molecular weight excluding hydrogens is 444 g/mol. The molecule has 186 valence electrons. The lowest BCUT2D eigenvalue weighted by atomic mass is 10.1. The summed E-state index contributed by atoms with van der Waals surface area (Å²) in [6, 6.07) is 4.05. The van der Waals surface area contributed by atoms with Crippen molar-refractivity contribution in [3.8, 4) is 0 Å². The molecule has 1 aliphatic carbocycles. The van der Waals surface area contributed by atoms with Crippen LogP contribution in [0, 0.1) is 0 Å². The number of nitrogens with one attached hydrogen (secondary N) is 1.